The van der Waals surface area contributed by atoms with Gasteiger partial charge in [0, 0.05) is 24.4 Å². The number of carbonyl (C=O) groups excluding carboxylic acids is 2. The molecule has 5 rings (SSSR count). The Hall–Kier alpha value is -4.19. The van der Waals surface area contributed by atoms with Crippen molar-refractivity contribution < 1.29 is 14.3 Å². The number of pyridine rings is 1. The molecule has 0 saturated carbocycles. The largest absolute Gasteiger partial charge is 0.464 e. The van der Waals surface area contributed by atoms with Gasteiger partial charge in [0.25, 0.3) is 11.8 Å². The molecule has 6 heteroatoms. The van der Waals surface area contributed by atoms with Crippen LogP contribution in [0.4, 0.5) is 5.69 Å². The number of ether oxygens (including phenoxy) is 1. The second kappa shape index (κ2) is 8.15. The maximum atomic E-state index is 13.1. The highest BCUT2D eigenvalue weighted by atomic mass is 16.5. The van der Waals surface area contributed by atoms with E-state index < -0.39 is 12.0 Å². The molecule has 0 unspecified atom stereocenters. The molecule has 1 saturated heterocycles. The number of carbonyl (C=O) groups is 2. The first kappa shape index (κ1) is 19.8. The van der Waals surface area contributed by atoms with Crippen LogP contribution in [0.25, 0.3) is 22.0 Å². The Morgan fingerprint density at radius 2 is 1.72 bits per heavy atom. The molecule has 158 valence electrons. The lowest BCUT2D eigenvalue weighted by Gasteiger charge is -2.20. The zero-order valence-corrected chi connectivity index (χ0v) is 17.3. The van der Waals surface area contributed by atoms with Gasteiger partial charge >= 0.3 is 0 Å². The number of primary amides is 1. The van der Waals surface area contributed by atoms with E-state index in [0.717, 1.165) is 22.0 Å². The summed E-state index contributed by atoms with van der Waals surface area (Å²) in [4.78, 5) is 31.4. The van der Waals surface area contributed by atoms with E-state index in [4.69, 9.17) is 10.5 Å². The fourth-order valence-electron chi connectivity index (χ4n) is 4.04. The van der Waals surface area contributed by atoms with Gasteiger partial charge in [-0.15, -0.1) is 0 Å². The van der Waals surface area contributed by atoms with Crippen LogP contribution in [0.1, 0.15) is 16.8 Å². The van der Waals surface area contributed by atoms with Crippen LogP contribution in [0.2, 0.25) is 0 Å². The van der Waals surface area contributed by atoms with E-state index in [1.807, 2.05) is 66.7 Å². The van der Waals surface area contributed by atoms with Gasteiger partial charge in [0.2, 0.25) is 5.88 Å². The highest BCUT2D eigenvalue weighted by molar-refractivity contribution is 6.07. The third-order valence-corrected chi connectivity index (χ3v) is 5.65. The summed E-state index contributed by atoms with van der Waals surface area (Å²) in [6, 6.07) is 26.5. The summed E-state index contributed by atoms with van der Waals surface area (Å²) in [5.74, 6) is -0.389. The lowest BCUT2D eigenvalue weighted by atomic mass is 10.0. The molecule has 2 heterocycles. The smallest absolute Gasteiger partial charge is 0.268 e. The van der Waals surface area contributed by atoms with Crippen molar-refractivity contribution in [3.05, 3.63) is 90.5 Å². The van der Waals surface area contributed by atoms with Gasteiger partial charge in [-0.05, 0) is 35.4 Å². The summed E-state index contributed by atoms with van der Waals surface area (Å²) < 4.78 is 5.92. The van der Waals surface area contributed by atoms with Gasteiger partial charge in [-0.3, -0.25) is 9.59 Å². The molecule has 3 aromatic carbocycles. The van der Waals surface area contributed by atoms with E-state index >= 15 is 0 Å². The number of nitrogens with zero attached hydrogens (tertiary/aromatic N) is 2. The number of amides is 2. The maximum Gasteiger partial charge on any atom is 0.268 e. The summed E-state index contributed by atoms with van der Waals surface area (Å²) >= 11 is 0. The van der Waals surface area contributed by atoms with E-state index in [1.54, 1.807) is 23.1 Å². The van der Waals surface area contributed by atoms with E-state index in [9.17, 15) is 9.59 Å². The van der Waals surface area contributed by atoms with Gasteiger partial charge < -0.3 is 15.4 Å². The van der Waals surface area contributed by atoms with Crippen LogP contribution in [0.5, 0.6) is 5.88 Å². The molecule has 0 aliphatic carbocycles. The van der Waals surface area contributed by atoms with Gasteiger partial charge in [-0.1, -0.05) is 54.6 Å². The van der Waals surface area contributed by atoms with Crippen molar-refractivity contribution in [3.63, 3.8) is 0 Å². The highest BCUT2D eigenvalue weighted by Gasteiger charge is 2.36. The Morgan fingerprint density at radius 3 is 2.53 bits per heavy atom. The third kappa shape index (κ3) is 3.67. The zero-order valence-electron chi connectivity index (χ0n) is 17.3. The number of fused-ring (bicyclic) bond motifs is 1. The zero-order chi connectivity index (χ0) is 22.1. The van der Waals surface area contributed by atoms with E-state index in [0.29, 0.717) is 30.1 Å². The summed E-state index contributed by atoms with van der Waals surface area (Å²) in [5, 5.41) is 1.00. The normalized spacial score (nSPS) is 15.8. The summed E-state index contributed by atoms with van der Waals surface area (Å²) in [6.45, 7) is 0.433. The first-order valence-electron chi connectivity index (χ1n) is 10.4. The summed E-state index contributed by atoms with van der Waals surface area (Å²) in [5.41, 5.74) is 9.12. The van der Waals surface area contributed by atoms with Crippen LogP contribution in [0.15, 0.2) is 84.9 Å². The van der Waals surface area contributed by atoms with Gasteiger partial charge in [-0.25, -0.2) is 4.98 Å². The number of rotatable bonds is 5. The minimum atomic E-state index is -0.668. The van der Waals surface area contributed by atoms with Crippen LogP contribution >= 0.6 is 0 Å². The molecule has 1 fully saturated rings. The number of hydrogen-bond acceptors (Lipinski definition) is 4. The predicted octanol–water partition coefficient (Wildman–Crippen LogP) is 4.19. The lowest BCUT2D eigenvalue weighted by molar-refractivity contribution is -0.123. The highest BCUT2D eigenvalue weighted by Crippen LogP contribution is 2.31. The van der Waals surface area contributed by atoms with Crippen molar-refractivity contribution in [1.82, 2.24) is 4.98 Å². The van der Waals surface area contributed by atoms with Crippen molar-refractivity contribution in [2.24, 2.45) is 5.73 Å². The molecule has 2 amide bonds. The number of anilines is 1. The Balaban J connectivity index is 1.40. The molecule has 6 nitrogen and oxygen atoms in total. The number of benzene rings is 3. The maximum absolute atomic E-state index is 13.1. The molecule has 32 heavy (non-hydrogen) atoms. The van der Waals surface area contributed by atoms with E-state index in [1.165, 1.54) is 0 Å². The van der Waals surface area contributed by atoms with Crippen LogP contribution in [-0.4, -0.2) is 29.4 Å². The summed E-state index contributed by atoms with van der Waals surface area (Å²) in [7, 11) is 0. The van der Waals surface area contributed by atoms with E-state index in [2.05, 4.69) is 4.98 Å². The first-order valence-corrected chi connectivity index (χ1v) is 10.4. The molecule has 2 N–H and O–H groups in total. The van der Waals surface area contributed by atoms with Gasteiger partial charge in [0.05, 0.1) is 16.8 Å². The molecule has 0 radical (unpaired) electrons. The van der Waals surface area contributed by atoms with Crippen LogP contribution in [-0.2, 0) is 4.79 Å². The molecular formula is C26H21N3O3. The topological polar surface area (TPSA) is 85.5 Å². The fourth-order valence-corrected chi connectivity index (χ4v) is 4.04. The Labute approximate surface area is 185 Å². The number of aromatic nitrogens is 1. The average molecular weight is 423 g/mol. The second-order valence-electron chi connectivity index (χ2n) is 7.69. The minimum Gasteiger partial charge on any atom is -0.464 e. The van der Waals surface area contributed by atoms with Crippen LogP contribution < -0.4 is 15.4 Å². The van der Waals surface area contributed by atoms with Gasteiger partial charge in [-0.2, -0.15) is 0 Å². The Bertz CT molecular complexity index is 1320. The molecule has 0 bridgehead atoms. The molecule has 4 aromatic rings. The monoisotopic (exact) mass is 423 g/mol. The number of nitrogens with two attached hydrogens (primary N) is 1. The van der Waals surface area contributed by atoms with Crippen molar-refractivity contribution in [2.45, 2.75) is 12.5 Å². The van der Waals surface area contributed by atoms with Crippen LogP contribution in [0.3, 0.4) is 0 Å². The quantitative estimate of drug-likeness (QED) is 0.522. The fraction of sp³-hybridized carbons (Fsp3) is 0.115. The van der Waals surface area contributed by atoms with E-state index in [-0.39, 0.29) is 5.91 Å². The number of para-hydroxylation sites is 1. The molecule has 1 atom stereocenters. The van der Waals surface area contributed by atoms with Crippen molar-refractivity contribution >= 4 is 28.4 Å². The van der Waals surface area contributed by atoms with Crippen molar-refractivity contribution in [1.29, 1.82) is 0 Å². The first-order chi connectivity index (χ1) is 15.6. The SMILES string of the molecule is NC(=O)c1cc(-c2ccccc2)ccc1N1CC[C@H](Oc2ccc3ccccc3n2)C1=O. The molecular weight excluding hydrogens is 402 g/mol. The minimum absolute atomic E-state index is 0.213. The summed E-state index contributed by atoms with van der Waals surface area (Å²) in [6.07, 6.45) is -0.176. The standard InChI is InChI=1S/C26H21N3O3/c27-25(30)20-16-19(17-6-2-1-3-7-17)10-12-22(20)29-15-14-23(26(29)31)32-24-13-11-18-8-4-5-9-21(18)28-24/h1-13,16,23H,14-15H2,(H2,27,30)/t23-/m0/s1. The molecule has 0 spiro atoms. The van der Waals surface area contributed by atoms with Gasteiger partial charge in [0.1, 0.15) is 0 Å². The van der Waals surface area contributed by atoms with Crippen LogP contribution in [0, 0.1) is 0 Å². The molecule has 1 aromatic heterocycles. The third-order valence-electron chi connectivity index (χ3n) is 5.65. The number of hydrogen-bond donors (Lipinski definition) is 1. The lowest BCUT2D eigenvalue weighted by Crippen LogP contribution is -2.33. The molecule has 1 aliphatic heterocycles. The Morgan fingerprint density at radius 1 is 0.938 bits per heavy atom. The van der Waals surface area contributed by atoms with Crippen molar-refractivity contribution in [3.8, 4) is 17.0 Å². The van der Waals surface area contributed by atoms with Gasteiger partial charge in [0.15, 0.2) is 6.10 Å². The Kier molecular flexibility index (Phi) is 5.03. The predicted molar refractivity (Wildman–Crippen MR) is 124 cm³/mol. The molecule has 1 aliphatic rings. The van der Waals surface area contributed by atoms with Crippen molar-refractivity contribution in [2.75, 3.05) is 11.4 Å². The second-order valence-corrected chi connectivity index (χ2v) is 7.69. The average Bonchev–Trinajstić information content (AvgIpc) is 3.19.